The summed E-state index contributed by atoms with van der Waals surface area (Å²) in [5, 5.41) is 5.87. The largest absolute Gasteiger partial charge is 0.472 e. The third-order valence-electron chi connectivity index (χ3n) is 11.0. The molecule has 0 saturated carbocycles. The minimum Gasteiger partial charge on any atom is -0.472 e. The predicted molar refractivity (Wildman–Crippen MR) is 173 cm³/mol. The number of pyridine rings is 1. The number of piperazine rings is 1. The summed E-state index contributed by atoms with van der Waals surface area (Å²) in [4.78, 5) is 19.1. The van der Waals surface area contributed by atoms with Gasteiger partial charge in [0.25, 0.3) is 0 Å². The molecule has 0 spiro atoms. The zero-order chi connectivity index (χ0) is 31.2. The Kier molecular flexibility index (Phi) is 6.42. The van der Waals surface area contributed by atoms with Crippen LogP contribution in [-0.4, -0.2) is 82.0 Å². The summed E-state index contributed by atoms with van der Waals surface area (Å²) in [6.07, 6.45) is 9.94. The first-order chi connectivity index (χ1) is 22.5. The van der Waals surface area contributed by atoms with E-state index in [0.29, 0.717) is 53.8 Å². The summed E-state index contributed by atoms with van der Waals surface area (Å²) in [6.45, 7) is 4.35. The summed E-state index contributed by atoms with van der Waals surface area (Å²) in [5.41, 5.74) is 1.07. The summed E-state index contributed by atoms with van der Waals surface area (Å²) in [6, 6.07) is 12.0. The van der Waals surface area contributed by atoms with Gasteiger partial charge in [0.15, 0.2) is 5.82 Å². The minimum absolute atomic E-state index is 0.0212. The molecule has 10 heteroatoms. The summed E-state index contributed by atoms with van der Waals surface area (Å²) >= 11 is 0. The highest BCUT2D eigenvalue weighted by Gasteiger charge is 2.50. The van der Waals surface area contributed by atoms with Crippen LogP contribution in [0.3, 0.4) is 0 Å². The van der Waals surface area contributed by atoms with Crippen molar-refractivity contribution in [2.45, 2.75) is 81.4 Å². The first kappa shape index (κ1) is 28.2. The maximum absolute atomic E-state index is 17.1. The van der Waals surface area contributed by atoms with Gasteiger partial charge in [0, 0.05) is 48.1 Å². The number of ether oxygens (including phenoxy) is 2. The quantitative estimate of drug-likeness (QED) is 0.297. The molecule has 2 aromatic carbocycles. The Balaban J connectivity index is 1.25. The molecule has 8 nitrogen and oxygen atoms in total. The Labute approximate surface area is 266 Å². The Morgan fingerprint density at radius 1 is 1.13 bits per heavy atom. The lowest BCUT2D eigenvalue weighted by Crippen LogP contribution is -2.63. The SMILES string of the molecule is C#Cc1cccc2cccc(-c3nc4c5c(nc(OC[C@@]67CCCN6C[C@H](F)C7)nc5c3F)N3C[C@H]5CC[C@H](N5)[C@H]3[C@H](CC)O4)c12. The number of rotatable bonds is 5. The molecule has 4 aromatic rings. The van der Waals surface area contributed by atoms with Gasteiger partial charge in [0.2, 0.25) is 5.88 Å². The van der Waals surface area contributed by atoms with Crippen molar-refractivity contribution < 1.29 is 18.3 Å². The monoisotopic (exact) mass is 622 g/mol. The van der Waals surface area contributed by atoms with Crippen molar-refractivity contribution in [3.05, 3.63) is 47.8 Å². The Morgan fingerprint density at radius 3 is 2.85 bits per heavy atom. The van der Waals surface area contributed by atoms with Gasteiger partial charge in [0.05, 0.1) is 11.6 Å². The van der Waals surface area contributed by atoms with Crippen molar-refractivity contribution in [2.24, 2.45) is 0 Å². The van der Waals surface area contributed by atoms with Crippen LogP contribution in [0.2, 0.25) is 0 Å². The number of hydrogen-bond donors (Lipinski definition) is 1. The maximum Gasteiger partial charge on any atom is 0.319 e. The van der Waals surface area contributed by atoms with E-state index in [1.54, 1.807) is 0 Å². The van der Waals surface area contributed by atoms with Gasteiger partial charge < -0.3 is 19.7 Å². The first-order valence-electron chi connectivity index (χ1n) is 16.6. The van der Waals surface area contributed by atoms with Gasteiger partial charge in [-0.1, -0.05) is 43.2 Å². The lowest BCUT2D eigenvalue weighted by atomic mass is 9.95. The van der Waals surface area contributed by atoms with Crippen LogP contribution in [0.5, 0.6) is 11.9 Å². The van der Waals surface area contributed by atoms with E-state index < -0.39 is 12.0 Å². The molecule has 0 amide bonds. The maximum atomic E-state index is 17.1. The van der Waals surface area contributed by atoms with Crippen molar-refractivity contribution >= 4 is 27.5 Å². The number of aromatic nitrogens is 3. The highest BCUT2D eigenvalue weighted by Crippen LogP contribution is 2.46. The molecular weight excluding hydrogens is 586 g/mol. The second-order valence-electron chi connectivity index (χ2n) is 13.6. The molecule has 4 saturated heterocycles. The van der Waals surface area contributed by atoms with Crippen molar-refractivity contribution in [3.63, 3.8) is 0 Å². The Hall–Kier alpha value is -4.07. The van der Waals surface area contributed by atoms with Crippen LogP contribution >= 0.6 is 0 Å². The van der Waals surface area contributed by atoms with E-state index in [0.717, 1.165) is 49.4 Å². The van der Waals surface area contributed by atoms with E-state index in [1.165, 1.54) is 0 Å². The molecule has 7 heterocycles. The summed E-state index contributed by atoms with van der Waals surface area (Å²) < 4.78 is 44.8. The van der Waals surface area contributed by atoms with Crippen molar-refractivity contribution in [1.82, 2.24) is 25.2 Å². The first-order valence-corrected chi connectivity index (χ1v) is 16.6. The van der Waals surface area contributed by atoms with Crippen molar-refractivity contribution in [3.8, 4) is 35.5 Å². The van der Waals surface area contributed by atoms with E-state index >= 15 is 4.39 Å². The van der Waals surface area contributed by atoms with E-state index in [9.17, 15) is 4.39 Å². The van der Waals surface area contributed by atoms with Gasteiger partial charge in [-0.2, -0.15) is 9.97 Å². The zero-order valence-corrected chi connectivity index (χ0v) is 25.8. The van der Waals surface area contributed by atoms with Crippen LogP contribution in [-0.2, 0) is 0 Å². The number of benzene rings is 2. The fourth-order valence-electron chi connectivity index (χ4n) is 9.01. The van der Waals surface area contributed by atoms with Gasteiger partial charge in [-0.3, -0.25) is 4.90 Å². The molecule has 5 aliphatic rings. The molecule has 5 aliphatic heterocycles. The average Bonchev–Trinajstić information content (AvgIpc) is 3.71. The van der Waals surface area contributed by atoms with Gasteiger partial charge in [-0.05, 0) is 50.1 Å². The average molecular weight is 623 g/mol. The summed E-state index contributed by atoms with van der Waals surface area (Å²) in [7, 11) is 0. The lowest BCUT2D eigenvalue weighted by molar-refractivity contribution is 0.107. The fraction of sp³-hybridized carbons (Fsp3) is 0.472. The molecule has 6 atom stereocenters. The number of halogens is 2. The zero-order valence-electron chi connectivity index (χ0n) is 25.8. The standard InChI is InChI=1S/C36H36F2N6O2/c1-3-20-8-5-9-21-10-6-11-24(27(20)21)30-29(38)31-28-33(42-35(41-31)45-19-36-14-7-15-43(36)17-22(37)16-36)44-18-23-12-13-25(39-23)32(44)26(4-2)46-34(28)40-30/h1,5-6,8-11,22-23,25-26,32,39H,4,7,12-19H2,2H3/t22-,23-,25+,26+,32+,36+/m1/s1. The number of fused-ring (bicyclic) bond motifs is 7. The highest BCUT2D eigenvalue weighted by atomic mass is 19.1. The fourth-order valence-corrected chi connectivity index (χ4v) is 9.01. The van der Waals surface area contributed by atoms with E-state index in [1.807, 2.05) is 36.4 Å². The van der Waals surface area contributed by atoms with Gasteiger partial charge in [0.1, 0.15) is 41.3 Å². The normalized spacial score (nSPS) is 29.8. The number of terminal acetylenes is 1. The topological polar surface area (TPSA) is 75.6 Å². The molecule has 1 N–H and O–H groups in total. The molecule has 0 radical (unpaired) electrons. The van der Waals surface area contributed by atoms with Crippen molar-refractivity contribution in [1.29, 1.82) is 0 Å². The molecule has 0 aliphatic carbocycles. The van der Waals surface area contributed by atoms with Crippen LogP contribution in [0.15, 0.2) is 36.4 Å². The van der Waals surface area contributed by atoms with Gasteiger partial charge in [-0.25, -0.2) is 13.8 Å². The van der Waals surface area contributed by atoms with Crippen LogP contribution in [0, 0.1) is 18.2 Å². The Morgan fingerprint density at radius 2 is 2.00 bits per heavy atom. The highest BCUT2D eigenvalue weighted by molar-refractivity contribution is 6.03. The predicted octanol–water partition coefficient (Wildman–Crippen LogP) is 5.40. The second kappa shape index (κ2) is 10.5. The number of alkyl halides is 1. The van der Waals surface area contributed by atoms with E-state index in [2.05, 4.69) is 28.0 Å². The molecule has 0 unspecified atom stereocenters. The number of hydrogen-bond acceptors (Lipinski definition) is 8. The van der Waals surface area contributed by atoms with E-state index in [-0.39, 0.29) is 47.6 Å². The molecule has 9 rings (SSSR count). The Bertz CT molecular complexity index is 1930. The van der Waals surface area contributed by atoms with Crippen molar-refractivity contribution in [2.75, 3.05) is 31.1 Å². The van der Waals surface area contributed by atoms with E-state index in [4.69, 9.17) is 30.8 Å². The smallest absolute Gasteiger partial charge is 0.319 e. The van der Waals surface area contributed by atoms with Crippen LogP contribution in [0.4, 0.5) is 14.6 Å². The molecule has 2 aromatic heterocycles. The molecule has 46 heavy (non-hydrogen) atoms. The minimum atomic E-state index is -0.881. The summed E-state index contributed by atoms with van der Waals surface area (Å²) in [5.74, 6) is 3.09. The third kappa shape index (κ3) is 4.14. The van der Waals surface area contributed by atoms with Gasteiger partial charge >= 0.3 is 6.01 Å². The number of nitrogens with zero attached hydrogens (tertiary/aromatic N) is 5. The van der Waals surface area contributed by atoms with Crippen LogP contribution < -0.4 is 19.7 Å². The van der Waals surface area contributed by atoms with Crippen LogP contribution in [0.1, 0.15) is 51.0 Å². The third-order valence-corrected chi connectivity index (χ3v) is 11.0. The lowest BCUT2D eigenvalue weighted by Gasteiger charge is -2.43. The number of anilines is 1. The second-order valence-corrected chi connectivity index (χ2v) is 13.6. The molecule has 236 valence electrons. The van der Waals surface area contributed by atoms with Crippen LogP contribution in [0.25, 0.3) is 32.9 Å². The molecular formula is C36H36F2N6O2. The number of nitrogens with one attached hydrogen (secondary N) is 1. The molecule has 2 bridgehead atoms. The van der Waals surface area contributed by atoms with Gasteiger partial charge in [-0.15, -0.1) is 6.42 Å². The molecule has 4 fully saturated rings.